The molecule has 1 aromatic heterocycles. The predicted octanol–water partition coefficient (Wildman–Crippen LogP) is 15.0. The highest BCUT2D eigenvalue weighted by Crippen LogP contribution is 2.57. The lowest BCUT2D eigenvalue weighted by molar-refractivity contribution is 0.360. The van der Waals surface area contributed by atoms with Crippen LogP contribution >= 0.6 is 0 Å². The average Bonchev–Trinajstić information content (AvgIpc) is 3.82. The molecule has 1 aliphatic carbocycles. The fourth-order valence-corrected chi connectivity index (χ4v) is 9.38. The Morgan fingerprint density at radius 3 is 1.68 bits per heavy atom. The van der Waals surface area contributed by atoms with Crippen LogP contribution < -0.4 is 14.4 Å². The largest absolute Gasteiger partial charge is 0.456 e. The molecule has 0 atom stereocenters. The smallest absolute Gasteiger partial charge is 0.170 e. The van der Waals surface area contributed by atoms with Gasteiger partial charge in [-0.1, -0.05) is 140 Å². The van der Waals surface area contributed by atoms with Crippen LogP contribution in [0.15, 0.2) is 217 Å². The molecule has 1 aliphatic heterocycles. The Labute approximate surface area is 341 Å². The van der Waals surface area contributed by atoms with E-state index in [0.717, 1.165) is 55.9 Å². The van der Waals surface area contributed by atoms with Crippen LogP contribution in [0.5, 0.6) is 23.0 Å². The highest BCUT2D eigenvalue weighted by molar-refractivity contribution is 6.06. The van der Waals surface area contributed by atoms with Crippen LogP contribution in [0.4, 0.5) is 17.1 Å². The molecule has 9 aromatic carbocycles. The summed E-state index contributed by atoms with van der Waals surface area (Å²) < 4.78 is 18.9. The third-order valence-electron chi connectivity index (χ3n) is 12.0. The highest BCUT2D eigenvalue weighted by Gasteiger charge is 2.46. The molecule has 0 unspecified atom stereocenters. The third-order valence-corrected chi connectivity index (χ3v) is 12.0. The Morgan fingerprint density at radius 2 is 0.898 bits per heavy atom. The number of fused-ring (bicyclic) bond motifs is 8. The summed E-state index contributed by atoms with van der Waals surface area (Å²) in [5, 5.41) is 2.20. The summed E-state index contributed by atoms with van der Waals surface area (Å²) in [5.41, 5.74) is 13.9. The summed E-state index contributed by atoms with van der Waals surface area (Å²) in [5.74, 6) is 2.84. The van der Waals surface area contributed by atoms with Gasteiger partial charge in [-0.15, -0.1) is 0 Å². The molecule has 0 spiro atoms. The molecule has 0 bridgehead atoms. The van der Waals surface area contributed by atoms with Crippen molar-refractivity contribution in [2.45, 2.75) is 5.41 Å². The SMILES string of the molecule is c1ccc(C2(c3ccccc3)c3ccccc3-c3ccc(N(c4ccc(-c5ccc6c(c5)Oc5ccccc5O6)cc4)c4ccc5c(c4)oc4ccccc45)cc32)cc1. The number of anilines is 3. The maximum absolute atomic E-state index is 6.48. The highest BCUT2D eigenvalue weighted by atomic mass is 16.6. The fraction of sp³-hybridized carbons (Fsp3) is 0.0182. The first-order valence-corrected chi connectivity index (χ1v) is 20.0. The molecule has 0 radical (unpaired) electrons. The molecule has 278 valence electrons. The second-order valence-corrected chi connectivity index (χ2v) is 15.2. The van der Waals surface area contributed by atoms with Crippen LogP contribution in [-0.2, 0) is 5.41 Å². The lowest BCUT2D eigenvalue weighted by Gasteiger charge is -2.35. The zero-order valence-electron chi connectivity index (χ0n) is 31.9. The van der Waals surface area contributed by atoms with Crippen LogP contribution in [-0.4, -0.2) is 0 Å². The van der Waals surface area contributed by atoms with Crippen molar-refractivity contribution in [2.24, 2.45) is 0 Å². The van der Waals surface area contributed by atoms with E-state index < -0.39 is 5.41 Å². The molecular weight excluding hydrogens is 723 g/mol. The van der Waals surface area contributed by atoms with Crippen molar-refractivity contribution in [3.05, 3.63) is 235 Å². The number of para-hydroxylation sites is 3. The van der Waals surface area contributed by atoms with E-state index >= 15 is 0 Å². The van der Waals surface area contributed by atoms with Gasteiger partial charge in [-0.2, -0.15) is 0 Å². The van der Waals surface area contributed by atoms with Gasteiger partial charge in [0.2, 0.25) is 0 Å². The van der Waals surface area contributed by atoms with Gasteiger partial charge in [-0.05, 0) is 111 Å². The van der Waals surface area contributed by atoms with Crippen molar-refractivity contribution in [1.82, 2.24) is 0 Å². The molecule has 4 heteroatoms. The standard InChI is InChI=1S/C55H35NO3/c1-3-13-38(14-4-1)55(39-15-5-2-6-16-39)47-19-9-7-17-43(47)44-30-28-41(34-48(44)55)56(42-29-31-46-45-18-8-10-20-49(45)57-53(46)35-42)40-26-23-36(24-27-40)37-25-32-52-54(33-37)59-51-22-12-11-21-50(51)58-52/h1-35H. The number of furan rings is 1. The van der Waals surface area contributed by atoms with Crippen molar-refractivity contribution in [3.8, 4) is 45.3 Å². The van der Waals surface area contributed by atoms with Gasteiger partial charge in [0.15, 0.2) is 23.0 Å². The van der Waals surface area contributed by atoms with Gasteiger partial charge < -0.3 is 18.8 Å². The molecule has 0 saturated heterocycles. The minimum absolute atomic E-state index is 0.526. The van der Waals surface area contributed by atoms with Crippen molar-refractivity contribution < 1.29 is 13.9 Å². The number of rotatable bonds is 6. The first-order valence-electron chi connectivity index (χ1n) is 20.0. The summed E-state index contributed by atoms with van der Waals surface area (Å²) in [7, 11) is 0. The van der Waals surface area contributed by atoms with Crippen LogP contribution in [0.2, 0.25) is 0 Å². The molecular formula is C55H35NO3. The van der Waals surface area contributed by atoms with Crippen LogP contribution in [0.25, 0.3) is 44.2 Å². The van der Waals surface area contributed by atoms with Crippen molar-refractivity contribution in [2.75, 3.05) is 4.90 Å². The Morgan fingerprint density at radius 1 is 0.339 bits per heavy atom. The summed E-state index contributed by atoms with van der Waals surface area (Å²) in [6.07, 6.45) is 0. The maximum atomic E-state index is 6.48. The van der Waals surface area contributed by atoms with E-state index in [1.807, 2.05) is 42.5 Å². The van der Waals surface area contributed by atoms with E-state index in [4.69, 9.17) is 13.9 Å². The zero-order valence-corrected chi connectivity index (χ0v) is 31.9. The van der Waals surface area contributed by atoms with Crippen LogP contribution in [0, 0.1) is 0 Å². The van der Waals surface area contributed by atoms with E-state index in [2.05, 4.69) is 175 Å². The lowest BCUT2D eigenvalue weighted by atomic mass is 9.67. The van der Waals surface area contributed by atoms with Crippen molar-refractivity contribution in [1.29, 1.82) is 0 Å². The minimum atomic E-state index is -0.526. The molecule has 0 amide bonds. The van der Waals surface area contributed by atoms with Crippen LogP contribution in [0.1, 0.15) is 22.3 Å². The van der Waals surface area contributed by atoms with Gasteiger partial charge in [0.1, 0.15) is 11.2 Å². The molecule has 2 aliphatic rings. The second kappa shape index (κ2) is 13.1. The van der Waals surface area contributed by atoms with E-state index in [1.165, 1.54) is 33.4 Å². The summed E-state index contributed by atoms with van der Waals surface area (Å²) >= 11 is 0. The van der Waals surface area contributed by atoms with E-state index in [0.29, 0.717) is 17.2 Å². The minimum Gasteiger partial charge on any atom is -0.456 e. The normalized spacial score (nSPS) is 13.2. The number of ether oxygens (including phenoxy) is 2. The van der Waals surface area contributed by atoms with Gasteiger partial charge in [-0.25, -0.2) is 0 Å². The van der Waals surface area contributed by atoms with Crippen molar-refractivity contribution in [3.63, 3.8) is 0 Å². The number of hydrogen-bond donors (Lipinski definition) is 0. The first kappa shape index (κ1) is 33.3. The maximum Gasteiger partial charge on any atom is 0.170 e. The Bertz CT molecular complexity index is 3180. The van der Waals surface area contributed by atoms with Crippen molar-refractivity contribution >= 4 is 39.0 Å². The summed E-state index contributed by atoms with van der Waals surface area (Å²) in [4.78, 5) is 2.35. The van der Waals surface area contributed by atoms with E-state index in [1.54, 1.807) is 0 Å². The molecule has 4 nitrogen and oxygen atoms in total. The Balaban J connectivity index is 1.03. The molecule has 10 aromatic rings. The first-order chi connectivity index (χ1) is 29.2. The molecule has 0 fully saturated rings. The topological polar surface area (TPSA) is 34.8 Å². The summed E-state index contributed by atoms with van der Waals surface area (Å²) in [6, 6.07) is 75.2. The average molecular weight is 758 g/mol. The van der Waals surface area contributed by atoms with Gasteiger partial charge in [0, 0.05) is 33.9 Å². The van der Waals surface area contributed by atoms with Crippen LogP contribution in [0.3, 0.4) is 0 Å². The van der Waals surface area contributed by atoms with Gasteiger partial charge >= 0.3 is 0 Å². The van der Waals surface area contributed by atoms with Gasteiger partial charge in [-0.3, -0.25) is 0 Å². The molecule has 0 N–H and O–H groups in total. The Kier molecular flexibility index (Phi) is 7.41. The fourth-order valence-electron chi connectivity index (χ4n) is 9.38. The third kappa shape index (κ3) is 5.16. The zero-order chi connectivity index (χ0) is 38.9. The Hall–Kier alpha value is -7.82. The van der Waals surface area contributed by atoms with Gasteiger partial charge in [0.25, 0.3) is 0 Å². The van der Waals surface area contributed by atoms with Gasteiger partial charge in [0.05, 0.1) is 5.41 Å². The van der Waals surface area contributed by atoms with E-state index in [9.17, 15) is 0 Å². The molecule has 2 heterocycles. The predicted molar refractivity (Wildman–Crippen MR) is 238 cm³/mol. The van der Waals surface area contributed by atoms with E-state index in [-0.39, 0.29) is 0 Å². The second-order valence-electron chi connectivity index (χ2n) is 15.2. The molecule has 12 rings (SSSR count). The summed E-state index contributed by atoms with van der Waals surface area (Å²) in [6.45, 7) is 0. The molecule has 59 heavy (non-hydrogen) atoms. The number of benzene rings is 9. The monoisotopic (exact) mass is 757 g/mol. The lowest BCUT2D eigenvalue weighted by Crippen LogP contribution is -2.28. The number of hydrogen-bond acceptors (Lipinski definition) is 4. The quantitative estimate of drug-likeness (QED) is 0.169. The number of nitrogens with zero attached hydrogens (tertiary/aromatic N) is 1. The molecule has 0 saturated carbocycles.